The highest BCUT2D eigenvalue weighted by atomic mass is 15.0. The molecule has 0 saturated heterocycles. The highest BCUT2D eigenvalue weighted by Gasteiger charge is 2.39. The van der Waals surface area contributed by atoms with Gasteiger partial charge in [-0.05, 0) is 62.0 Å². The molecule has 0 bridgehead atoms. The van der Waals surface area contributed by atoms with Crippen LogP contribution in [-0.4, -0.2) is 18.1 Å². The van der Waals surface area contributed by atoms with Gasteiger partial charge in [-0.15, -0.1) is 0 Å². The lowest BCUT2D eigenvalue weighted by atomic mass is 9.92. The van der Waals surface area contributed by atoms with Crippen molar-refractivity contribution < 1.29 is 0 Å². The summed E-state index contributed by atoms with van der Waals surface area (Å²) in [6.07, 6.45) is 9.06. The van der Waals surface area contributed by atoms with Crippen LogP contribution in [0, 0.1) is 0 Å². The Labute approximate surface area is 122 Å². The normalized spacial score (nSPS) is 36.9. The third-order valence-corrected chi connectivity index (χ3v) is 5.43. The molecule has 0 unspecified atom stereocenters. The van der Waals surface area contributed by atoms with Gasteiger partial charge in [-0.25, -0.2) is 0 Å². The molecule has 1 aromatic rings. The molecule has 1 aromatic carbocycles. The highest BCUT2D eigenvalue weighted by Crippen LogP contribution is 2.44. The molecule has 3 aliphatic carbocycles. The van der Waals surface area contributed by atoms with E-state index >= 15 is 0 Å². The summed E-state index contributed by atoms with van der Waals surface area (Å²) in [6, 6.07) is 11.4. The van der Waals surface area contributed by atoms with Gasteiger partial charge in [-0.3, -0.25) is 0 Å². The van der Waals surface area contributed by atoms with E-state index < -0.39 is 0 Å². The fraction of sp³-hybridized carbons (Fsp3) is 0.667. The summed E-state index contributed by atoms with van der Waals surface area (Å²) in [5, 5.41) is 3.86. The summed E-state index contributed by atoms with van der Waals surface area (Å²) in [5.74, 6) is 1.64. The second-order valence-electron chi connectivity index (χ2n) is 7.17. The van der Waals surface area contributed by atoms with Gasteiger partial charge < -0.3 is 11.1 Å². The Morgan fingerprint density at radius 1 is 0.850 bits per heavy atom. The third-order valence-electron chi connectivity index (χ3n) is 5.43. The van der Waals surface area contributed by atoms with Crippen LogP contribution in [0.1, 0.15) is 67.9 Å². The zero-order valence-corrected chi connectivity index (χ0v) is 12.2. The minimum atomic E-state index is 0.456. The van der Waals surface area contributed by atoms with Crippen LogP contribution >= 0.6 is 0 Å². The molecule has 20 heavy (non-hydrogen) atoms. The summed E-state index contributed by atoms with van der Waals surface area (Å²) in [7, 11) is 0. The topological polar surface area (TPSA) is 38.0 Å². The molecule has 3 saturated carbocycles. The molecule has 0 amide bonds. The minimum absolute atomic E-state index is 0.456. The van der Waals surface area contributed by atoms with E-state index in [4.69, 9.17) is 5.73 Å². The van der Waals surface area contributed by atoms with Gasteiger partial charge in [0.2, 0.25) is 0 Å². The smallest absolute Gasteiger partial charge is 0.0145 e. The first-order valence-electron chi connectivity index (χ1n) is 8.41. The first-order valence-corrected chi connectivity index (χ1v) is 8.41. The Kier molecular flexibility index (Phi) is 3.31. The molecule has 0 spiro atoms. The zero-order chi connectivity index (χ0) is 13.5. The largest absolute Gasteiger partial charge is 0.328 e. The molecule has 2 atom stereocenters. The van der Waals surface area contributed by atoms with Crippen molar-refractivity contribution in [3.8, 4) is 0 Å². The molecule has 108 valence electrons. The number of benzene rings is 1. The van der Waals surface area contributed by atoms with Gasteiger partial charge >= 0.3 is 0 Å². The monoisotopic (exact) mass is 270 g/mol. The quantitative estimate of drug-likeness (QED) is 0.881. The average molecular weight is 270 g/mol. The van der Waals surface area contributed by atoms with Crippen molar-refractivity contribution in [3.63, 3.8) is 0 Å². The van der Waals surface area contributed by atoms with Gasteiger partial charge in [-0.1, -0.05) is 24.3 Å². The fourth-order valence-corrected chi connectivity index (χ4v) is 3.77. The van der Waals surface area contributed by atoms with Crippen LogP contribution in [0.15, 0.2) is 24.3 Å². The van der Waals surface area contributed by atoms with E-state index in [-0.39, 0.29) is 0 Å². The summed E-state index contributed by atoms with van der Waals surface area (Å²) >= 11 is 0. The SMILES string of the molecule is NC1CCC(N[C@@H]2C[C@H]2c2ccc(C3CC3)cc2)CC1. The number of hydrogen-bond donors (Lipinski definition) is 2. The van der Waals surface area contributed by atoms with E-state index in [9.17, 15) is 0 Å². The van der Waals surface area contributed by atoms with Crippen molar-refractivity contribution in [2.45, 2.75) is 74.9 Å². The first-order chi connectivity index (χ1) is 9.79. The standard InChI is InChI=1S/C18H26N2/c19-15-7-9-16(10-8-15)20-18-11-17(18)14-5-3-13(4-6-14)12-1-2-12/h3-6,12,15-18,20H,1-2,7-11,19H2/t15?,16?,17-,18+/m0/s1. The Bertz CT molecular complexity index is 455. The van der Waals surface area contributed by atoms with Crippen LogP contribution in [0.25, 0.3) is 0 Å². The van der Waals surface area contributed by atoms with Crippen LogP contribution < -0.4 is 11.1 Å². The Balaban J connectivity index is 1.30. The van der Waals surface area contributed by atoms with Crippen molar-refractivity contribution in [3.05, 3.63) is 35.4 Å². The predicted octanol–water partition coefficient (Wildman–Crippen LogP) is 3.28. The third kappa shape index (κ3) is 2.77. The van der Waals surface area contributed by atoms with Gasteiger partial charge in [0.15, 0.2) is 0 Å². The highest BCUT2D eigenvalue weighted by molar-refractivity contribution is 5.33. The minimum Gasteiger partial charge on any atom is -0.328 e. The zero-order valence-electron chi connectivity index (χ0n) is 12.2. The van der Waals surface area contributed by atoms with E-state index in [1.165, 1.54) is 44.9 Å². The molecule has 2 nitrogen and oxygen atoms in total. The maximum absolute atomic E-state index is 5.98. The number of nitrogens with two attached hydrogens (primary N) is 1. The maximum Gasteiger partial charge on any atom is 0.0145 e. The molecule has 0 heterocycles. The number of hydrogen-bond acceptors (Lipinski definition) is 2. The van der Waals surface area contributed by atoms with Gasteiger partial charge in [-0.2, -0.15) is 0 Å². The molecule has 0 radical (unpaired) electrons. The Morgan fingerprint density at radius 3 is 2.15 bits per heavy atom. The lowest BCUT2D eigenvalue weighted by Gasteiger charge is -2.27. The predicted molar refractivity (Wildman–Crippen MR) is 82.9 cm³/mol. The van der Waals surface area contributed by atoms with Crippen molar-refractivity contribution in [2.24, 2.45) is 5.73 Å². The van der Waals surface area contributed by atoms with E-state index in [0.29, 0.717) is 6.04 Å². The van der Waals surface area contributed by atoms with Crippen LogP contribution in [0.3, 0.4) is 0 Å². The van der Waals surface area contributed by atoms with Gasteiger partial charge in [0.25, 0.3) is 0 Å². The first kappa shape index (κ1) is 12.8. The molecule has 3 fully saturated rings. The second-order valence-corrected chi connectivity index (χ2v) is 7.17. The van der Waals surface area contributed by atoms with Crippen LogP contribution in [0.2, 0.25) is 0 Å². The molecule has 0 aromatic heterocycles. The summed E-state index contributed by atoms with van der Waals surface area (Å²) < 4.78 is 0. The van der Waals surface area contributed by atoms with E-state index in [1.807, 2.05) is 0 Å². The van der Waals surface area contributed by atoms with Crippen molar-refractivity contribution in [1.82, 2.24) is 5.32 Å². The average Bonchev–Trinajstić information content (AvgIpc) is 3.36. The summed E-state index contributed by atoms with van der Waals surface area (Å²) in [5.41, 5.74) is 9.07. The molecule has 3 aliphatic rings. The summed E-state index contributed by atoms with van der Waals surface area (Å²) in [4.78, 5) is 0. The van der Waals surface area contributed by atoms with Crippen LogP contribution in [0.4, 0.5) is 0 Å². The Hall–Kier alpha value is -0.860. The van der Waals surface area contributed by atoms with Crippen LogP contribution in [-0.2, 0) is 0 Å². The fourth-order valence-electron chi connectivity index (χ4n) is 3.77. The van der Waals surface area contributed by atoms with E-state index in [1.54, 1.807) is 11.1 Å². The van der Waals surface area contributed by atoms with Crippen molar-refractivity contribution in [1.29, 1.82) is 0 Å². The van der Waals surface area contributed by atoms with Crippen molar-refractivity contribution in [2.75, 3.05) is 0 Å². The molecule has 0 aliphatic heterocycles. The number of nitrogens with one attached hydrogen (secondary N) is 1. The van der Waals surface area contributed by atoms with Crippen LogP contribution in [0.5, 0.6) is 0 Å². The van der Waals surface area contributed by atoms with E-state index in [2.05, 4.69) is 29.6 Å². The molecular formula is C18H26N2. The molecular weight excluding hydrogens is 244 g/mol. The molecule has 3 N–H and O–H groups in total. The Morgan fingerprint density at radius 2 is 1.50 bits per heavy atom. The summed E-state index contributed by atoms with van der Waals surface area (Å²) in [6.45, 7) is 0. The maximum atomic E-state index is 5.98. The number of rotatable bonds is 4. The van der Waals surface area contributed by atoms with Gasteiger partial charge in [0.1, 0.15) is 0 Å². The van der Waals surface area contributed by atoms with Crippen molar-refractivity contribution >= 4 is 0 Å². The lowest BCUT2D eigenvalue weighted by molar-refractivity contribution is 0.339. The van der Waals surface area contributed by atoms with Gasteiger partial charge in [0.05, 0.1) is 0 Å². The lowest BCUT2D eigenvalue weighted by Crippen LogP contribution is -2.38. The van der Waals surface area contributed by atoms with E-state index in [0.717, 1.165) is 23.9 Å². The molecule has 2 heteroatoms. The van der Waals surface area contributed by atoms with Gasteiger partial charge in [0, 0.05) is 24.0 Å². The second kappa shape index (κ2) is 5.16. The molecule has 4 rings (SSSR count).